The summed E-state index contributed by atoms with van der Waals surface area (Å²) in [5, 5.41) is 9.21. The van der Waals surface area contributed by atoms with Gasteiger partial charge in [0.15, 0.2) is 11.6 Å². The van der Waals surface area contributed by atoms with Crippen molar-refractivity contribution in [2.75, 3.05) is 0 Å². The van der Waals surface area contributed by atoms with E-state index in [1.807, 2.05) is 49.6 Å². The first-order valence-electron chi connectivity index (χ1n) is 7.57. The lowest BCUT2D eigenvalue weighted by Gasteiger charge is -2.18. The molecule has 1 aliphatic heterocycles. The molecule has 6 nitrogen and oxygen atoms in total. The van der Waals surface area contributed by atoms with Crippen LogP contribution in [0, 0.1) is 6.92 Å². The van der Waals surface area contributed by atoms with Gasteiger partial charge in [0.25, 0.3) is 0 Å². The molecule has 0 N–H and O–H groups in total. The average molecular weight is 339 g/mol. The van der Waals surface area contributed by atoms with E-state index in [0.717, 1.165) is 22.9 Å². The summed E-state index contributed by atoms with van der Waals surface area (Å²) in [4.78, 5) is 14.0. The van der Waals surface area contributed by atoms with Crippen molar-refractivity contribution in [2.45, 2.75) is 26.3 Å². The van der Waals surface area contributed by atoms with E-state index < -0.39 is 5.54 Å². The van der Waals surface area contributed by atoms with Gasteiger partial charge in [0.1, 0.15) is 17.1 Å². The van der Waals surface area contributed by atoms with E-state index in [1.165, 1.54) is 0 Å². The molecule has 0 fully saturated rings. The minimum Gasteiger partial charge on any atom is -0.268 e. The van der Waals surface area contributed by atoms with E-state index >= 15 is 0 Å². The second-order valence-electron chi connectivity index (χ2n) is 6.16. The molecular formula is C17H15ClN6. The number of benzene rings is 1. The summed E-state index contributed by atoms with van der Waals surface area (Å²) in [6.45, 7) is 5.92. The second kappa shape index (κ2) is 5.21. The minimum absolute atomic E-state index is 0.571. The van der Waals surface area contributed by atoms with E-state index in [9.17, 15) is 0 Å². The molecule has 0 spiro atoms. The maximum absolute atomic E-state index is 6.03. The summed E-state index contributed by atoms with van der Waals surface area (Å²) >= 11 is 6.03. The molecule has 0 saturated carbocycles. The Morgan fingerprint density at radius 3 is 2.46 bits per heavy atom. The number of aliphatic imine (C=N–C) groups is 1. The van der Waals surface area contributed by atoms with E-state index in [2.05, 4.69) is 20.2 Å². The van der Waals surface area contributed by atoms with E-state index in [1.54, 1.807) is 12.4 Å². The summed E-state index contributed by atoms with van der Waals surface area (Å²) in [5.74, 6) is 2.19. The Bertz CT molecular complexity index is 955. The molecular weight excluding hydrogens is 324 g/mol. The van der Waals surface area contributed by atoms with Gasteiger partial charge in [-0.05, 0) is 32.9 Å². The SMILES string of the molecule is Cc1nnc2n1-c1nccnc1C(c1ccc(Cl)cc1)=NC2(C)C. The monoisotopic (exact) mass is 338 g/mol. The van der Waals surface area contributed by atoms with Gasteiger partial charge in [0.05, 0.1) is 5.71 Å². The van der Waals surface area contributed by atoms with Crippen LogP contribution in [0.3, 0.4) is 0 Å². The van der Waals surface area contributed by atoms with Crippen LogP contribution in [0.4, 0.5) is 0 Å². The van der Waals surface area contributed by atoms with Crippen LogP contribution < -0.4 is 0 Å². The van der Waals surface area contributed by atoms with Gasteiger partial charge < -0.3 is 0 Å². The molecule has 7 heteroatoms. The highest BCUT2D eigenvalue weighted by atomic mass is 35.5. The number of fused-ring (bicyclic) bond motifs is 3. The molecule has 0 bridgehead atoms. The zero-order chi connectivity index (χ0) is 16.9. The average Bonchev–Trinajstić information content (AvgIpc) is 2.92. The Morgan fingerprint density at radius 2 is 1.71 bits per heavy atom. The summed E-state index contributed by atoms with van der Waals surface area (Å²) in [7, 11) is 0. The Hall–Kier alpha value is -2.60. The van der Waals surface area contributed by atoms with Gasteiger partial charge in [-0.3, -0.25) is 9.56 Å². The standard InChI is InChI=1S/C17H15ClN6/c1-10-22-23-16-17(2,3)21-13(11-4-6-12(18)7-5-11)14-15(24(10)16)20-9-8-19-14/h4-9H,1-3H3. The quantitative estimate of drug-likeness (QED) is 0.683. The summed E-state index contributed by atoms with van der Waals surface area (Å²) in [6, 6.07) is 7.57. The third-order valence-corrected chi connectivity index (χ3v) is 4.25. The van der Waals surface area contributed by atoms with Crippen LogP contribution in [0.25, 0.3) is 5.82 Å². The van der Waals surface area contributed by atoms with E-state index in [0.29, 0.717) is 16.5 Å². The molecule has 4 rings (SSSR count). The van der Waals surface area contributed by atoms with Gasteiger partial charge in [-0.1, -0.05) is 23.7 Å². The molecule has 0 aliphatic carbocycles. The van der Waals surface area contributed by atoms with Gasteiger partial charge in [-0.15, -0.1) is 10.2 Å². The van der Waals surface area contributed by atoms with Crippen molar-refractivity contribution in [3.63, 3.8) is 0 Å². The molecule has 3 heterocycles. The van der Waals surface area contributed by atoms with Crippen molar-refractivity contribution in [1.29, 1.82) is 0 Å². The smallest absolute Gasteiger partial charge is 0.168 e. The number of nitrogens with zero attached hydrogens (tertiary/aromatic N) is 6. The molecule has 3 aromatic rings. The molecule has 0 unspecified atom stereocenters. The van der Waals surface area contributed by atoms with Gasteiger partial charge in [-0.2, -0.15) is 0 Å². The summed E-state index contributed by atoms with van der Waals surface area (Å²) in [6.07, 6.45) is 3.34. The van der Waals surface area contributed by atoms with E-state index in [4.69, 9.17) is 16.6 Å². The Kier molecular flexibility index (Phi) is 3.25. The first-order chi connectivity index (χ1) is 11.5. The lowest BCUT2D eigenvalue weighted by molar-refractivity contribution is 0.508. The molecule has 120 valence electrons. The van der Waals surface area contributed by atoms with Crippen molar-refractivity contribution >= 4 is 17.3 Å². The Labute approximate surface area is 144 Å². The normalized spacial score (nSPS) is 15.2. The minimum atomic E-state index is -0.571. The Morgan fingerprint density at radius 1 is 1.00 bits per heavy atom. The van der Waals surface area contributed by atoms with Crippen molar-refractivity contribution in [3.05, 3.63) is 64.6 Å². The molecule has 0 saturated heterocycles. The zero-order valence-corrected chi connectivity index (χ0v) is 14.3. The van der Waals surface area contributed by atoms with Crippen LogP contribution in [0.2, 0.25) is 5.02 Å². The number of rotatable bonds is 1. The van der Waals surface area contributed by atoms with Crippen molar-refractivity contribution in [2.24, 2.45) is 4.99 Å². The van der Waals surface area contributed by atoms with Crippen LogP contribution in [0.1, 0.15) is 36.8 Å². The first kappa shape index (κ1) is 15.0. The van der Waals surface area contributed by atoms with Crippen LogP contribution in [-0.4, -0.2) is 30.4 Å². The van der Waals surface area contributed by atoms with Crippen molar-refractivity contribution in [1.82, 2.24) is 24.7 Å². The fraction of sp³-hybridized carbons (Fsp3) is 0.235. The lowest BCUT2D eigenvalue weighted by atomic mass is 10.0. The first-order valence-corrected chi connectivity index (χ1v) is 7.95. The molecule has 24 heavy (non-hydrogen) atoms. The molecule has 1 aromatic carbocycles. The number of aryl methyl sites for hydroxylation is 1. The number of hydrogen-bond donors (Lipinski definition) is 0. The fourth-order valence-corrected chi connectivity index (χ4v) is 2.99. The Balaban J connectivity index is 2.05. The van der Waals surface area contributed by atoms with Crippen LogP contribution in [0.5, 0.6) is 0 Å². The van der Waals surface area contributed by atoms with Gasteiger partial charge in [0, 0.05) is 23.0 Å². The van der Waals surface area contributed by atoms with Crippen molar-refractivity contribution < 1.29 is 0 Å². The number of aromatic nitrogens is 5. The fourth-order valence-electron chi connectivity index (χ4n) is 2.86. The third-order valence-electron chi connectivity index (χ3n) is 4.00. The topological polar surface area (TPSA) is 68.8 Å². The summed E-state index contributed by atoms with van der Waals surface area (Å²) in [5.41, 5.74) is 1.84. The molecule has 0 radical (unpaired) electrons. The molecule has 2 aromatic heterocycles. The predicted molar refractivity (Wildman–Crippen MR) is 91.8 cm³/mol. The molecule has 1 aliphatic rings. The van der Waals surface area contributed by atoms with Gasteiger partial charge in [0.2, 0.25) is 0 Å². The lowest BCUT2D eigenvalue weighted by Crippen LogP contribution is -2.20. The largest absolute Gasteiger partial charge is 0.268 e. The highest BCUT2D eigenvalue weighted by Crippen LogP contribution is 2.32. The number of halogens is 1. The van der Waals surface area contributed by atoms with Gasteiger partial charge in [-0.25, -0.2) is 9.97 Å². The summed E-state index contributed by atoms with van der Waals surface area (Å²) < 4.78 is 1.93. The van der Waals surface area contributed by atoms with Crippen molar-refractivity contribution in [3.8, 4) is 5.82 Å². The number of hydrogen-bond acceptors (Lipinski definition) is 5. The molecule has 0 atom stereocenters. The maximum atomic E-state index is 6.03. The zero-order valence-electron chi connectivity index (χ0n) is 13.5. The highest BCUT2D eigenvalue weighted by molar-refractivity contribution is 6.30. The predicted octanol–water partition coefficient (Wildman–Crippen LogP) is 3.11. The second-order valence-corrected chi connectivity index (χ2v) is 6.60. The molecule has 0 amide bonds. The van der Waals surface area contributed by atoms with Crippen LogP contribution in [0.15, 0.2) is 41.7 Å². The maximum Gasteiger partial charge on any atom is 0.168 e. The van der Waals surface area contributed by atoms with Crippen LogP contribution in [-0.2, 0) is 5.54 Å². The van der Waals surface area contributed by atoms with E-state index in [-0.39, 0.29) is 0 Å². The third kappa shape index (κ3) is 2.22. The van der Waals surface area contributed by atoms with Crippen LogP contribution >= 0.6 is 11.6 Å². The highest BCUT2D eigenvalue weighted by Gasteiger charge is 2.34. The van der Waals surface area contributed by atoms with Gasteiger partial charge >= 0.3 is 0 Å².